The number of rotatable bonds is 9. The Hall–Kier alpha value is -9.96. The van der Waals surface area contributed by atoms with E-state index in [1.807, 2.05) is 0 Å². The van der Waals surface area contributed by atoms with Gasteiger partial charge in [-0.1, -0.05) is 200 Å². The van der Waals surface area contributed by atoms with Crippen molar-refractivity contribution in [1.82, 2.24) is 4.57 Å². The molecule has 0 amide bonds. The average molecular weight is 996 g/mol. The maximum absolute atomic E-state index is 2.58. The lowest BCUT2D eigenvalue weighted by Crippen LogP contribution is -2.26. The van der Waals surface area contributed by atoms with Crippen molar-refractivity contribution in [2.24, 2.45) is 0 Å². The summed E-state index contributed by atoms with van der Waals surface area (Å²) < 4.78 is 2.51. The lowest BCUT2D eigenvalue weighted by atomic mass is 9.70. The lowest BCUT2D eigenvalue weighted by molar-refractivity contribution is 0.794. The number of benzene rings is 12. The Morgan fingerprint density at radius 3 is 1.36 bits per heavy atom. The number of para-hydroxylation sites is 4. The molecule has 0 atom stereocenters. The molecule has 1 heterocycles. The van der Waals surface area contributed by atoms with Crippen LogP contribution in [0.5, 0.6) is 0 Å². The van der Waals surface area contributed by atoms with Crippen molar-refractivity contribution >= 4 is 55.9 Å². The third-order valence-electron chi connectivity index (χ3n) is 16.6. The van der Waals surface area contributed by atoms with Crippen molar-refractivity contribution in [2.75, 3.05) is 9.80 Å². The molecular formula is C75H53N3. The molecule has 0 aliphatic heterocycles. The molecule has 368 valence electrons. The highest BCUT2D eigenvalue weighted by Gasteiger charge is 2.53. The van der Waals surface area contributed by atoms with E-state index in [1.165, 1.54) is 88.7 Å². The highest BCUT2D eigenvalue weighted by Crippen LogP contribution is 2.67. The first-order chi connectivity index (χ1) is 38.6. The van der Waals surface area contributed by atoms with Gasteiger partial charge >= 0.3 is 0 Å². The van der Waals surface area contributed by atoms with Gasteiger partial charge in [-0.15, -0.1) is 0 Å². The zero-order valence-corrected chi connectivity index (χ0v) is 43.5. The van der Waals surface area contributed by atoms with E-state index in [2.05, 4.69) is 313 Å². The molecule has 13 aromatic rings. The highest BCUT2D eigenvalue weighted by molar-refractivity contribution is 6.22. The van der Waals surface area contributed by atoms with Gasteiger partial charge in [0.15, 0.2) is 0 Å². The molecule has 2 aliphatic carbocycles. The topological polar surface area (TPSA) is 11.4 Å². The summed E-state index contributed by atoms with van der Waals surface area (Å²) in [7, 11) is 0. The zero-order chi connectivity index (χ0) is 51.9. The van der Waals surface area contributed by atoms with Gasteiger partial charge in [-0.2, -0.15) is 0 Å². The molecule has 0 fully saturated rings. The summed E-state index contributed by atoms with van der Waals surface area (Å²) in [5, 5.41) is 2.39. The third-order valence-corrected chi connectivity index (χ3v) is 16.6. The first kappa shape index (κ1) is 45.4. The molecule has 0 saturated carbocycles. The largest absolute Gasteiger partial charge is 0.310 e. The van der Waals surface area contributed by atoms with Crippen LogP contribution in [0.2, 0.25) is 0 Å². The van der Waals surface area contributed by atoms with Crippen LogP contribution in [0.4, 0.5) is 34.1 Å². The van der Waals surface area contributed by atoms with Crippen LogP contribution in [0.3, 0.4) is 0 Å². The van der Waals surface area contributed by atoms with E-state index in [0.29, 0.717) is 0 Å². The monoisotopic (exact) mass is 995 g/mol. The molecule has 0 saturated heterocycles. The third kappa shape index (κ3) is 6.84. The lowest BCUT2D eigenvalue weighted by Gasteiger charge is -2.33. The van der Waals surface area contributed by atoms with E-state index in [4.69, 9.17) is 0 Å². The minimum atomic E-state index is -0.718. The van der Waals surface area contributed by atoms with Crippen LogP contribution in [-0.2, 0) is 5.41 Å². The van der Waals surface area contributed by atoms with Gasteiger partial charge in [0.05, 0.1) is 22.1 Å². The van der Waals surface area contributed by atoms with Crippen molar-refractivity contribution in [3.63, 3.8) is 0 Å². The summed E-state index contributed by atoms with van der Waals surface area (Å²) in [6.45, 7) is 4.45. The summed E-state index contributed by atoms with van der Waals surface area (Å²) in [6.07, 6.45) is 0. The first-order valence-corrected chi connectivity index (χ1v) is 27.1. The smallest absolute Gasteiger partial charge is 0.0727 e. The van der Waals surface area contributed by atoms with Crippen LogP contribution in [0, 0.1) is 13.8 Å². The molecule has 1 aromatic heterocycles. The van der Waals surface area contributed by atoms with Gasteiger partial charge in [0.25, 0.3) is 0 Å². The summed E-state index contributed by atoms with van der Waals surface area (Å²) in [4.78, 5) is 5.03. The molecule has 3 nitrogen and oxygen atoms in total. The van der Waals surface area contributed by atoms with E-state index < -0.39 is 5.41 Å². The number of hydrogen-bond acceptors (Lipinski definition) is 2. The van der Waals surface area contributed by atoms with Gasteiger partial charge in [0.2, 0.25) is 0 Å². The molecule has 78 heavy (non-hydrogen) atoms. The van der Waals surface area contributed by atoms with Crippen LogP contribution in [0.1, 0.15) is 33.4 Å². The van der Waals surface area contributed by atoms with E-state index in [-0.39, 0.29) is 0 Å². The molecule has 0 unspecified atom stereocenters. The number of fused-ring (bicyclic) bond motifs is 13. The van der Waals surface area contributed by atoms with Crippen LogP contribution in [0.15, 0.2) is 285 Å². The molecule has 12 aromatic carbocycles. The summed E-state index contributed by atoms with van der Waals surface area (Å²) in [5.41, 5.74) is 26.7. The fraction of sp³-hybridized carbons (Fsp3) is 0.0400. The summed E-state index contributed by atoms with van der Waals surface area (Å²) in [6, 6.07) is 106. The molecule has 0 bridgehead atoms. The Morgan fingerprint density at radius 2 is 0.769 bits per heavy atom. The van der Waals surface area contributed by atoms with Crippen molar-refractivity contribution in [1.29, 1.82) is 0 Å². The van der Waals surface area contributed by atoms with E-state index >= 15 is 0 Å². The molecule has 2 aliphatic rings. The van der Waals surface area contributed by atoms with Crippen molar-refractivity contribution in [3.8, 4) is 50.2 Å². The van der Waals surface area contributed by atoms with E-state index in [9.17, 15) is 0 Å². The van der Waals surface area contributed by atoms with Crippen LogP contribution in [-0.4, -0.2) is 4.57 Å². The summed E-state index contributed by atoms with van der Waals surface area (Å²) in [5.74, 6) is 0. The molecule has 0 N–H and O–H groups in total. The zero-order valence-electron chi connectivity index (χ0n) is 43.5. The van der Waals surface area contributed by atoms with Crippen LogP contribution in [0.25, 0.3) is 72.0 Å². The summed E-state index contributed by atoms with van der Waals surface area (Å²) >= 11 is 0. The van der Waals surface area contributed by atoms with Gasteiger partial charge < -0.3 is 14.4 Å². The highest BCUT2D eigenvalue weighted by atomic mass is 15.2. The maximum atomic E-state index is 2.58. The molecule has 15 rings (SSSR count). The molecule has 1 spiro atoms. The van der Waals surface area contributed by atoms with E-state index in [1.54, 1.807) is 0 Å². The molecule has 3 heteroatoms. The van der Waals surface area contributed by atoms with Gasteiger partial charge in [0, 0.05) is 50.5 Å². The first-order valence-electron chi connectivity index (χ1n) is 27.1. The standard InChI is InChI=1S/C75H53N3/c1-50-40-42-57(46-64(50)52-24-8-3-9-25-52)76(54-28-12-5-13-29-54)59-44-45-62-68(48-59)75(66-37-21-18-34-60(66)61-35-19-22-38-67(61)75)69-49-71-73(63-36-20-23-39-70(63)78(71)56-32-16-7-17-33-56)74(72(62)69)77(55-30-14-6-15-31-55)58-43-41-51(2)65(47-58)53-26-10-4-11-27-53/h3-49H,1-2H3. The Bertz CT molecular complexity index is 4400. The minimum absolute atomic E-state index is 0.718. The molecular weight excluding hydrogens is 943 g/mol. The number of anilines is 6. The Morgan fingerprint density at radius 1 is 0.308 bits per heavy atom. The maximum Gasteiger partial charge on any atom is 0.0727 e. The van der Waals surface area contributed by atoms with Gasteiger partial charge in [-0.25, -0.2) is 0 Å². The van der Waals surface area contributed by atoms with E-state index in [0.717, 1.165) is 50.8 Å². The normalized spacial score (nSPS) is 12.6. The quantitative estimate of drug-likeness (QED) is 0.143. The number of aryl methyl sites for hydroxylation is 2. The van der Waals surface area contributed by atoms with Crippen molar-refractivity contribution < 1.29 is 0 Å². The second-order valence-electron chi connectivity index (χ2n) is 20.9. The minimum Gasteiger partial charge on any atom is -0.310 e. The van der Waals surface area contributed by atoms with Crippen LogP contribution < -0.4 is 9.80 Å². The SMILES string of the molecule is Cc1ccc(N(c2ccccc2)c2ccc3c(c2)C2(c4ccccc4-c4ccccc42)c2cc4c(c(N(c5ccccc5)c5ccc(C)c(-c6ccccc6)c5)c2-3)c2ccccc2n4-c2ccccc2)cc1-c1ccccc1. The predicted octanol–water partition coefficient (Wildman–Crippen LogP) is 20.0. The van der Waals surface area contributed by atoms with Crippen LogP contribution >= 0.6 is 0 Å². The fourth-order valence-electron chi connectivity index (χ4n) is 13.3. The molecule has 0 radical (unpaired) electrons. The Labute approximate surface area is 455 Å². The second-order valence-corrected chi connectivity index (χ2v) is 20.9. The van der Waals surface area contributed by atoms with Crippen molar-refractivity contribution in [2.45, 2.75) is 19.3 Å². The van der Waals surface area contributed by atoms with Gasteiger partial charge in [-0.3, -0.25) is 0 Å². The number of hydrogen-bond donors (Lipinski definition) is 0. The predicted molar refractivity (Wildman–Crippen MR) is 327 cm³/mol. The fourth-order valence-corrected chi connectivity index (χ4v) is 13.3. The number of aromatic nitrogens is 1. The second kappa shape index (κ2) is 18.1. The van der Waals surface area contributed by atoms with Crippen molar-refractivity contribution in [3.05, 3.63) is 318 Å². The average Bonchev–Trinajstić information content (AvgIpc) is 3.50. The van der Waals surface area contributed by atoms with Gasteiger partial charge in [-0.05, 0) is 171 Å². The van der Waals surface area contributed by atoms with Gasteiger partial charge in [0.1, 0.15) is 0 Å². The Kier molecular flexibility index (Phi) is 10.6. The Balaban J connectivity index is 1.11. The number of nitrogens with zero attached hydrogens (tertiary/aromatic N) is 3.